The van der Waals surface area contributed by atoms with Crippen molar-refractivity contribution in [1.29, 1.82) is 0 Å². The monoisotopic (exact) mass is 363 g/mol. The number of benzene rings is 1. The minimum atomic E-state index is -3.57. The second kappa shape index (κ2) is 7.34. The molecule has 9 heteroatoms. The Hall–Kier alpha value is -2.23. The van der Waals surface area contributed by atoms with E-state index in [0.29, 0.717) is 18.7 Å². The number of rotatable bonds is 6. The number of carbonyl (C=O) groups is 1. The third-order valence-corrected chi connectivity index (χ3v) is 5.56. The van der Waals surface area contributed by atoms with Crippen LogP contribution in [0.1, 0.15) is 22.3 Å². The average molecular weight is 363 g/mol. The standard InChI is InChI=1S/C16H21N5O3S/c1-21-11-12(9-19-21)8-18-16(22)13-2-4-15(5-3-13)25(23,24)20-14-6-7-17-10-14/h2-5,9,11,14,17,20H,6-8,10H2,1H3,(H,18,22)/t14-/m1/s1. The zero-order valence-corrected chi connectivity index (χ0v) is 14.7. The molecule has 1 aromatic heterocycles. The molecule has 1 fully saturated rings. The number of nitrogens with one attached hydrogen (secondary N) is 3. The quantitative estimate of drug-likeness (QED) is 0.670. The lowest BCUT2D eigenvalue weighted by molar-refractivity contribution is 0.0951. The van der Waals surface area contributed by atoms with Crippen LogP contribution in [0.3, 0.4) is 0 Å². The van der Waals surface area contributed by atoms with Crippen LogP contribution in [0, 0.1) is 0 Å². The molecule has 1 aliphatic heterocycles. The number of amides is 1. The first-order valence-electron chi connectivity index (χ1n) is 8.03. The van der Waals surface area contributed by atoms with Gasteiger partial charge in [-0.15, -0.1) is 0 Å². The maximum absolute atomic E-state index is 12.3. The van der Waals surface area contributed by atoms with Gasteiger partial charge in [0.25, 0.3) is 5.91 Å². The fourth-order valence-corrected chi connectivity index (χ4v) is 3.95. The predicted octanol–water partition coefficient (Wildman–Crippen LogP) is -0.00970. The summed E-state index contributed by atoms with van der Waals surface area (Å²) in [5.74, 6) is -0.263. The van der Waals surface area contributed by atoms with E-state index in [1.807, 2.05) is 6.20 Å². The van der Waals surface area contributed by atoms with Crippen LogP contribution in [0.5, 0.6) is 0 Å². The summed E-state index contributed by atoms with van der Waals surface area (Å²) in [5.41, 5.74) is 1.30. The zero-order chi connectivity index (χ0) is 17.9. The smallest absolute Gasteiger partial charge is 0.251 e. The average Bonchev–Trinajstić information content (AvgIpc) is 3.24. The third-order valence-electron chi connectivity index (χ3n) is 4.02. The highest BCUT2D eigenvalue weighted by Crippen LogP contribution is 2.13. The lowest BCUT2D eigenvalue weighted by atomic mass is 10.2. The summed E-state index contributed by atoms with van der Waals surface area (Å²) in [6, 6.07) is 5.83. The van der Waals surface area contributed by atoms with Gasteiger partial charge in [-0.3, -0.25) is 9.48 Å². The van der Waals surface area contributed by atoms with Crippen molar-refractivity contribution in [3.05, 3.63) is 47.8 Å². The van der Waals surface area contributed by atoms with Gasteiger partial charge in [-0.05, 0) is 37.2 Å². The van der Waals surface area contributed by atoms with Crippen LogP contribution in [-0.4, -0.2) is 43.2 Å². The molecule has 3 N–H and O–H groups in total. The number of sulfonamides is 1. The van der Waals surface area contributed by atoms with Crippen molar-refractivity contribution in [1.82, 2.24) is 25.1 Å². The van der Waals surface area contributed by atoms with Gasteiger partial charge in [-0.25, -0.2) is 13.1 Å². The Kier molecular flexibility index (Phi) is 5.16. The van der Waals surface area contributed by atoms with Gasteiger partial charge >= 0.3 is 0 Å². The lowest BCUT2D eigenvalue weighted by Gasteiger charge is -2.12. The van der Waals surface area contributed by atoms with E-state index in [1.54, 1.807) is 17.9 Å². The Morgan fingerprint density at radius 1 is 1.36 bits per heavy atom. The van der Waals surface area contributed by atoms with Gasteiger partial charge in [0.05, 0.1) is 11.1 Å². The Bertz CT molecular complexity index is 839. The summed E-state index contributed by atoms with van der Waals surface area (Å²) < 4.78 is 29.0. The molecule has 0 saturated carbocycles. The van der Waals surface area contributed by atoms with Crippen molar-refractivity contribution in [2.45, 2.75) is 23.9 Å². The summed E-state index contributed by atoms with van der Waals surface area (Å²) in [7, 11) is -1.77. The molecule has 0 unspecified atom stereocenters. The molecule has 1 atom stereocenters. The Morgan fingerprint density at radius 3 is 2.72 bits per heavy atom. The first-order chi connectivity index (χ1) is 11.9. The molecule has 1 aromatic carbocycles. The van der Waals surface area contributed by atoms with Crippen molar-refractivity contribution in [2.24, 2.45) is 7.05 Å². The Morgan fingerprint density at radius 2 is 2.12 bits per heavy atom. The summed E-state index contributed by atoms with van der Waals surface area (Å²) in [6.45, 7) is 1.81. The SMILES string of the molecule is Cn1cc(CNC(=O)c2ccc(S(=O)(=O)N[C@@H]3CCNC3)cc2)cn1. The molecular formula is C16H21N5O3S. The maximum Gasteiger partial charge on any atom is 0.251 e. The molecule has 0 radical (unpaired) electrons. The highest BCUT2D eigenvalue weighted by molar-refractivity contribution is 7.89. The number of hydrogen-bond donors (Lipinski definition) is 3. The van der Waals surface area contributed by atoms with Gasteiger partial charge in [0, 0.05) is 43.5 Å². The minimum Gasteiger partial charge on any atom is -0.348 e. The molecule has 1 saturated heterocycles. The molecule has 134 valence electrons. The molecule has 2 aromatic rings. The van der Waals surface area contributed by atoms with E-state index >= 15 is 0 Å². The molecule has 0 spiro atoms. The van der Waals surface area contributed by atoms with Crippen LogP contribution >= 0.6 is 0 Å². The van der Waals surface area contributed by atoms with Gasteiger partial charge in [0.15, 0.2) is 0 Å². The lowest BCUT2D eigenvalue weighted by Crippen LogP contribution is -2.36. The van der Waals surface area contributed by atoms with Crippen molar-refractivity contribution in [3.8, 4) is 0 Å². The van der Waals surface area contributed by atoms with Crippen LogP contribution in [-0.2, 0) is 23.6 Å². The summed E-state index contributed by atoms with van der Waals surface area (Å²) >= 11 is 0. The summed E-state index contributed by atoms with van der Waals surface area (Å²) in [5, 5.41) is 9.93. The van der Waals surface area contributed by atoms with Gasteiger partial charge in [0.2, 0.25) is 10.0 Å². The van der Waals surface area contributed by atoms with E-state index in [1.165, 1.54) is 24.3 Å². The van der Waals surface area contributed by atoms with E-state index in [2.05, 4.69) is 20.5 Å². The predicted molar refractivity (Wildman–Crippen MR) is 92.4 cm³/mol. The molecule has 0 bridgehead atoms. The second-order valence-electron chi connectivity index (χ2n) is 6.04. The van der Waals surface area contributed by atoms with E-state index in [4.69, 9.17) is 0 Å². The number of aromatic nitrogens is 2. The largest absolute Gasteiger partial charge is 0.348 e. The van der Waals surface area contributed by atoms with Gasteiger partial charge in [-0.1, -0.05) is 0 Å². The number of nitrogens with zero attached hydrogens (tertiary/aromatic N) is 2. The third kappa shape index (κ3) is 4.44. The van der Waals surface area contributed by atoms with Crippen LogP contribution < -0.4 is 15.4 Å². The first kappa shape index (κ1) is 17.6. The molecule has 25 heavy (non-hydrogen) atoms. The summed E-state index contributed by atoms with van der Waals surface area (Å²) in [6.07, 6.45) is 4.27. The minimum absolute atomic E-state index is 0.0903. The van der Waals surface area contributed by atoms with E-state index in [0.717, 1.165) is 18.5 Å². The topological polar surface area (TPSA) is 105 Å². The first-order valence-corrected chi connectivity index (χ1v) is 9.51. The molecule has 0 aliphatic carbocycles. The Balaban J connectivity index is 1.61. The number of aryl methyl sites for hydroxylation is 1. The fourth-order valence-electron chi connectivity index (χ4n) is 2.68. The molecule has 1 amide bonds. The molecule has 8 nitrogen and oxygen atoms in total. The normalized spacial score (nSPS) is 17.6. The molecule has 3 rings (SSSR count). The molecule has 2 heterocycles. The van der Waals surface area contributed by atoms with Crippen LogP contribution in [0.15, 0.2) is 41.6 Å². The van der Waals surface area contributed by atoms with E-state index in [9.17, 15) is 13.2 Å². The zero-order valence-electron chi connectivity index (χ0n) is 13.9. The fraction of sp³-hybridized carbons (Fsp3) is 0.375. The van der Waals surface area contributed by atoms with Gasteiger partial charge in [0.1, 0.15) is 0 Å². The van der Waals surface area contributed by atoms with Crippen molar-refractivity contribution in [3.63, 3.8) is 0 Å². The number of carbonyl (C=O) groups excluding carboxylic acids is 1. The Labute approximate surface area is 146 Å². The number of hydrogen-bond acceptors (Lipinski definition) is 5. The van der Waals surface area contributed by atoms with Crippen molar-refractivity contribution in [2.75, 3.05) is 13.1 Å². The van der Waals surface area contributed by atoms with Gasteiger partial charge < -0.3 is 10.6 Å². The summed E-state index contributed by atoms with van der Waals surface area (Å²) in [4.78, 5) is 12.3. The van der Waals surface area contributed by atoms with Crippen LogP contribution in [0.25, 0.3) is 0 Å². The van der Waals surface area contributed by atoms with E-state index < -0.39 is 10.0 Å². The van der Waals surface area contributed by atoms with E-state index in [-0.39, 0.29) is 16.8 Å². The highest BCUT2D eigenvalue weighted by atomic mass is 32.2. The van der Waals surface area contributed by atoms with Crippen molar-refractivity contribution < 1.29 is 13.2 Å². The van der Waals surface area contributed by atoms with Gasteiger partial charge in [-0.2, -0.15) is 5.10 Å². The van der Waals surface area contributed by atoms with Crippen molar-refractivity contribution >= 4 is 15.9 Å². The van der Waals surface area contributed by atoms with Crippen LogP contribution in [0.4, 0.5) is 0 Å². The second-order valence-corrected chi connectivity index (χ2v) is 7.75. The highest BCUT2D eigenvalue weighted by Gasteiger charge is 2.22. The van der Waals surface area contributed by atoms with Crippen LogP contribution in [0.2, 0.25) is 0 Å². The maximum atomic E-state index is 12.3. The molecule has 1 aliphatic rings. The molecular weight excluding hydrogens is 342 g/mol.